The number of rotatable bonds is 7. The van der Waals surface area contributed by atoms with Crippen molar-refractivity contribution in [2.24, 2.45) is 7.05 Å². The first-order valence-electron chi connectivity index (χ1n) is 8.79. The van der Waals surface area contributed by atoms with E-state index in [-0.39, 0.29) is 24.1 Å². The standard InChI is InChI=1S/C21H21FN4O2/c1-26-13-5-8-18(26)14-19(27)24-25-20(15-6-3-2-4-7-15)21(28)23-17-11-9-16(22)10-12-17/h2-13,20,25H,14H2,1H3,(H,23,28)(H,24,27). The topological polar surface area (TPSA) is 75.2 Å². The van der Waals surface area contributed by atoms with Gasteiger partial charge in [-0.15, -0.1) is 0 Å². The van der Waals surface area contributed by atoms with Crippen molar-refractivity contribution in [3.8, 4) is 0 Å². The summed E-state index contributed by atoms with van der Waals surface area (Å²) in [6.07, 6.45) is 2.04. The summed E-state index contributed by atoms with van der Waals surface area (Å²) in [7, 11) is 1.86. The third-order valence-corrected chi connectivity index (χ3v) is 4.26. The maximum atomic E-state index is 13.1. The highest BCUT2D eigenvalue weighted by atomic mass is 19.1. The molecule has 2 aromatic carbocycles. The Kier molecular flexibility index (Phi) is 6.18. The lowest BCUT2D eigenvalue weighted by atomic mass is 10.1. The highest BCUT2D eigenvalue weighted by Crippen LogP contribution is 2.16. The summed E-state index contributed by atoms with van der Waals surface area (Å²) >= 11 is 0. The molecule has 0 aliphatic rings. The molecule has 1 unspecified atom stereocenters. The number of hydrogen-bond acceptors (Lipinski definition) is 3. The number of carbonyl (C=O) groups excluding carboxylic acids is 2. The molecule has 3 N–H and O–H groups in total. The minimum Gasteiger partial charge on any atom is -0.354 e. The lowest BCUT2D eigenvalue weighted by molar-refractivity contribution is -0.123. The Hall–Kier alpha value is -3.45. The van der Waals surface area contributed by atoms with Gasteiger partial charge < -0.3 is 9.88 Å². The molecule has 1 atom stereocenters. The second kappa shape index (κ2) is 8.96. The number of carbonyl (C=O) groups is 2. The first-order chi connectivity index (χ1) is 13.5. The summed E-state index contributed by atoms with van der Waals surface area (Å²) < 4.78 is 14.9. The zero-order valence-electron chi connectivity index (χ0n) is 15.4. The molecule has 3 rings (SSSR count). The van der Waals surface area contributed by atoms with Crippen LogP contribution in [0.5, 0.6) is 0 Å². The largest absolute Gasteiger partial charge is 0.354 e. The van der Waals surface area contributed by atoms with Crippen LogP contribution in [-0.2, 0) is 23.1 Å². The average Bonchev–Trinajstić information content (AvgIpc) is 3.09. The molecule has 2 amide bonds. The Bertz CT molecular complexity index is 939. The van der Waals surface area contributed by atoms with E-state index in [2.05, 4.69) is 16.2 Å². The summed E-state index contributed by atoms with van der Waals surface area (Å²) in [6.45, 7) is 0. The molecule has 7 heteroatoms. The van der Waals surface area contributed by atoms with Crippen LogP contribution in [0.2, 0.25) is 0 Å². The second-order valence-corrected chi connectivity index (χ2v) is 6.32. The molecule has 0 aliphatic carbocycles. The molecule has 1 aromatic heterocycles. The van der Waals surface area contributed by atoms with E-state index < -0.39 is 6.04 Å². The van der Waals surface area contributed by atoms with Crippen LogP contribution in [0.4, 0.5) is 10.1 Å². The van der Waals surface area contributed by atoms with Crippen LogP contribution in [-0.4, -0.2) is 16.4 Å². The van der Waals surface area contributed by atoms with Crippen LogP contribution in [0.3, 0.4) is 0 Å². The summed E-state index contributed by atoms with van der Waals surface area (Å²) in [4.78, 5) is 25.0. The summed E-state index contributed by atoms with van der Waals surface area (Å²) in [5.41, 5.74) is 7.40. The number of nitrogens with zero attached hydrogens (tertiary/aromatic N) is 1. The van der Waals surface area contributed by atoms with Crippen LogP contribution >= 0.6 is 0 Å². The van der Waals surface area contributed by atoms with Crippen molar-refractivity contribution >= 4 is 17.5 Å². The van der Waals surface area contributed by atoms with E-state index in [0.717, 1.165) is 5.69 Å². The molecule has 28 heavy (non-hydrogen) atoms. The maximum absolute atomic E-state index is 13.1. The van der Waals surface area contributed by atoms with Gasteiger partial charge in [0, 0.05) is 24.6 Å². The molecule has 1 heterocycles. The Morgan fingerprint density at radius 2 is 1.71 bits per heavy atom. The van der Waals surface area contributed by atoms with Crippen molar-refractivity contribution < 1.29 is 14.0 Å². The minimum absolute atomic E-state index is 0.178. The van der Waals surface area contributed by atoms with E-state index in [1.165, 1.54) is 24.3 Å². The highest BCUT2D eigenvalue weighted by Gasteiger charge is 2.21. The van der Waals surface area contributed by atoms with Gasteiger partial charge in [0.05, 0.1) is 6.42 Å². The Labute approximate surface area is 162 Å². The van der Waals surface area contributed by atoms with E-state index in [0.29, 0.717) is 11.3 Å². The maximum Gasteiger partial charge on any atom is 0.247 e. The number of aryl methyl sites for hydroxylation is 1. The molecule has 0 aliphatic heterocycles. The third kappa shape index (κ3) is 5.05. The summed E-state index contributed by atoms with van der Waals surface area (Å²) in [5.74, 6) is -1.03. The molecular formula is C21H21FN4O2. The molecule has 6 nitrogen and oxygen atoms in total. The first-order valence-corrected chi connectivity index (χ1v) is 8.79. The lowest BCUT2D eigenvalue weighted by Crippen LogP contribution is -2.45. The van der Waals surface area contributed by atoms with Crippen molar-refractivity contribution in [2.45, 2.75) is 12.5 Å². The van der Waals surface area contributed by atoms with Crippen molar-refractivity contribution in [2.75, 3.05) is 5.32 Å². The fourth-order valence-electron chi connectivity index (χ4n) is 2.73. The van der Waals surface area contributed by atoms with Gasteiger partial charge in [0.1, 0.15) is 11.9 Å². The zero-order valence-corrected chi connectivity index (χ0v) is 15.4. The fraction of sp³-hybridized carbons (Fsp3) is 0.143. The van der Waals surface area contributed by atoms with Crippen LogP contribution in [0.1, 0.15) is 17.3 Å². The average molecular weight is 380 g/mol. The molecule has 0 bridgehead atoms. The van der Waals surface area contributed by atoms with Gasteiger partial charge in [-0.05, 0) is 42.0 Å². The van der Waals surface area contributed by atoms with E-state index >= 15 is 0 Å². The number of halogens is 1. The van der Waals surface area contributed by atoms with E-state index in [1.807, 2.05) is 36.0 Å². The number of nitrogens with one attached hydrogen (secondary N) is 3. The number of aromatic nitrogens is 1. The van der Waals surface area contributed by atoms with Crippen molar-refractivity contribution in [1.29, 1.82) is 0 Å². The number of benzene rings is 2. The van der Waals surface area contributed by atoms with Gasteiger partial charge in [-0.1, -0.05) is 30.3 Å². The van der Waals surface area contributed by atoms with Crippen LogP contribution in [0.15, 0.2) is 72.9 Å². The van der Waals surface area contributed by atoms with Crippen LogP contribution < -0.4 is 16.2 Å². The molecule has 0 fully saturated rings. The zero-order chi connectivity index (χ0) is 19.9. The van der Waals surface area contributed by atoms with Crippen molar-refractivity contribution in [1.82, 2.24) is 15.4 Å². The quantitative estimate of drug-likeness (QED) is 0.552. The van der Waals surface area contributed by atoms with Gasteiger partial charge in [-0.3, -0.25) is 15.0 Å². The lowest BCUT2D eigenvalue weighted by Gasteiger charge is -2.19. The molecule has 0 spiro atoms. The van der Waals surface area contributed by atoms with Gasteiger partial charge >= 0.3 is 0 Å². The number of hydrogen-bond donors (Lipinski definition) is 3. The Balaban J connectivity index is 1.68. The van der Waals surface area contributed by atoms with Crippen molar-refractivity contribution in [3.63, 3.8) is 0 Å². The minimum atomic E-state index is -0.816. The van der Waals surface area contributed by atoms with Gasteiger partial charge in [0.2, 0.25) is 11.8 Å². The third-order valence-electron chi connectivity index (χ3n) is 4.26. The van der Waals surface area contributed by atoms with E-state index in [9.17, 15) is 14.0 Å². The smallest absolute Gasteiger partial charge is 0.247 e. The normalized spacial score (nSPS) is 11.6. The summed E-state index contributed by atoms with van der Waals surface area (Å²) in [5, 5.41) is 2.72. The van der Waals surface area contributed by atoms with E-state index in [1.54, 1.807) is 24.3 Å². The van der Waals surface area contributed by atoms with E-state index in [4.69, 9.17) is 0 Å². The predicted molar refractivity (Wildman–Crippen MR) is 105 cm³/mol. The second-order valence-electron chi connectivity index (χ2n) is 6.32. The molecule has 0 radical (unpaired) electrons. The molecule has 0 saturated carbocycles. The van der Waals surface area contributed by atoms with Crippen LogP contribution in [0.25, 0.3) is 0 Å². The number of amides is 2. The molecule has 144 valence electrons. The van der Waals surface area contributed by atoms with Crippen LogP contribution in [0, 0.1) is 5.82 Å². The molecular weight excluding hydrogens is 359 g/mol. The summed E-state index contributed by atoms with van der Waals surface area (Å²) in [6, 6.07) is 17.4. The fourth-order valence-corrected chi connectivity index (χ4v) is 2.73. The van der Waals surface area contributed by atoms with Gasteiger partial charge in [-0.25, -0.2) is 9.82 Å². The van der Waals surface area contributed by atoms with Crippen molar-refractivity contribution in [3.05, 3.63) is 90.0 Å². The SMILES string of the molecule is Cn1cccc1CC(=O)NNC(C(=O)Nc1ccc(F)cc1)c1ccccc1. The first kappa shape index (κ1) is 19.3. The number of anilines is 1. The Morgan fingerprint density at radius 1 is 1.00 bits per heavy atom. The van der Waals surface area contributed by atoms with Gasteiger partial charge in [0.25, 0.3) is 0 Å². The molecule has 3 aromatic rings. The monoisotopic (exact) mass is 380 g/mol. The molecule has 0 saturated heterocycles. The highest BCUT2D eigenvalue weighted by molar-refractivity contribution is 5.95. The number of hydrazine groups is 1. The van der Waals surface area contributed by atoms with Gasteiger partial charge in [0.15, 0.2) is 0 Å². The Morgan fingerprint density at radius 3 is 2.36 bits per heavy atom. The predicted octanol–water partition coefficient (Wildman–Crippen LogP) is 2.71. The van der Waals surface area contributed by atoms with Gasteiger partial charge in [-0.2, -0.15) is 0 Å².